The molecule has 2 nitrogen and oxygen atoms in total. The minimum absolute atomic E-state index is 0.669. The monoisotopic (exact) mass is 238 g/mol. The van der Waals surface area contributed by atoms with Crippen molar-refractivity contribution in [2.75, 3.05) is 6.54 Å². The van der Waals surface area contributed by atoms with Gasteiger partial charge in [0.25, 0.3) is 0 Å². The fourth-order valence-electron chi connectivity index (χ4n) is 1.29. The second-order valence-electron chi connectivity index (χ2n) is 3.18. The van der Waals surface area contributed by atoms with E-state index in [0.29, 0.717) is 6.54 Å². The standard InChI is InChI=1S/C11H11ClN2S/c12-9-3-1-8(2-4-9)11-14-7-10(15-11)5-6-13/h1-4,7H,5-6,13H2. The minimum atomic E-state index is 0.669. The topological polar surface area (TPSA) is 38.9 Å². The highest BCUT2D eigenvalue weighted by Crippen LogP contribution is 2.26. The summed E-state index contributed by atoms with van der Waals surface area (Å²) in [6, 6.07) is 7.71. The number of hydrogen-bond acceptors (Lipinski definition) is 3. The largest absolute Gasteiger partial charge is 0.330 e. The first-order valence-electron chi connectivity index (χ1n) is 4.70. The SMILES string of the molecule is NCCc1cnc(-c2ccc(Cl)cc2)s1. The van der Waals surface area contributed by atoms with Crippen molar-refractivity contribution in [3.63, 3.8) is 0 Å². The van der Waals surface area contributed by atoms with Gasteiger partial charge in [0.1, 0.15) is 5.01 Å². The minimum Gasteiger partial charge on any atom is -0.330 e. The van der Waals surface area contributed by atoms with Gasteiger partial charge in [-0.15, -0.1) is 11.3 Å². The molecule has 0 aliphatic heterocycles. The van der Waals surface area contributed by atoms with E-state index in [-0.39, 0.29) is 0 Å². The van der Waals surface area contributed by atoms with Gasteiger partial charge in [0.2, 0.25) is 0 Å². The van der Waals surface area contributed by atoms with Gasteiger partial charge in [0.05, 0.1) is 0 Å². The van der Waals surface area contributed by atoms with E-state index >= 15 is 0 Å². The predicted octanol–water partition coefficient (Wildman–Crippen LogP) is 2.96. The van der Waals surface area contributed by atoms with Crippen LogP contribution in [0.5, 0.6) is 0 Å². The van der Waals surface area contributed by atoms with Crippen LogP contribution in [0.3, 0.4) is 0 Å². The summed E-state index contributed by atoms with van der Waals surface area (Å²) in [5.74, 6) is 0. The highest BCUT2D eigenvalue weighted by Gasteiger charge is 2.03. The molecule has 0 spiro atoms. The fourth-order valence-corrected chi connectivity index (χ4v) is 2.35. The molecule has 0 unspecified atom stereocenters. The van der Waals surface area contributed by atoms with E-state index in [2.05, 4.69) is 4.98 Å². The van der Waals surface area contributed by atoms with Gasteiger partial charge in [-0.05, 0) is 25.1 Å². The van der Waals surface area contributed by atoms with Crippen molar-refractivity contribution in [1.82, 2.24) is 4.98 Å². The van der Waals surface area contributed by atoms with Gasteiger partial charge in [-0.2, -0.15) is 0 Å². The first-order chi connectivity index (χ1) is 7.29. The van der Waals surface area contributed by atoms with Crippen molar-refractivity contribution in [3.8, 4) is 10.6 Å². The summed E-state index contributed by atoms with van der Waals surface area (Å²) in [6.45, 7) is 0.669. The molecule has 1 aromatic heterocycles. The van der Waals surface area contributed by atoms with Crippen molar-refractivity contribution < 1.29 is 0 Å². The lowest BCUT2D eigenvalue weighted by molar-refractivity contribution is 0.984. The van der Waals surface area contributed by atoms with Crippen molar-refractivity contribution in [2.45, 2.75) is 6.42 Å². The number of thiazole rings is 1. The summed E-state index contributed by atoms with van der Waals surface area (Å²) in [4.78, 5) is 5.58. The van der Waals surface area contributed by atoms with Crippen molar-refractivity contribution in [1.29, 1.82) is 0 Å². The first-order valence-corrected chi connectivity index (χ1v) is 5.90. The maximum Gasteiger partial charge on any atom is 0.123 e. The first kappa shape index (κ1) is 10.6. The van der Waals surface area contributed by atoms with Gasteiger partial charge < -0.3 is 5.73 Å². The van der Waals surface area contributed by atoms with E-state index in [9.17, 15) is 0 Å². The van der Waals surface area contributed by atoms with Crippen LogP contribution in [0.1, 0.15) is 4.88 Å². The smallest absolute Gasteiger partial charge is 0.123 e. The molecule has 15 heavy (non-hydrogen) atoms. The van der Waals surface area contributed by atoms with E-state index in [1.165, 1.54) is 4.88 Å². The average molecular weight is 239 g/mol. The molecule has 0 aliphatic carbocycles. The average Bonchev–Trinajstić information content (AvgIpc) is 2.68. The van der Waals surface area contributed by atoms with Crippen molar-refractivity contribution in [3.05, 3.63) is 40.4 Å². The lowest BCUT2D eigenvalue weighted by atomic mass is 10.2. The van der Waals surface area contributed by atoms with Gasteiger partial charge in [-0.1, -0.05) is 23.7 Å². The molecule has 0 saturated heterocycles. The Hall–Kier alpha value is -0.900. The Bertz CT molecular complexity index is 436. The van der Waals surface area contributed by atoms with Gasteiger partial charge >= 0.3 is 0 Å². The molecule has 0 atom stereocenters. The summed E-state index contributed by atoms with van der Waals surface area (Å²) in [5.41, 5.74) is 6.59. The molecule has 2 rings (SSSR count). The van der Waals surface area contributed by atoms with Crippen molar-refractivity contribution in [2.24, 2.45) is 5.73 Å². The Morgan fingerprint density at radius 3 is 2.67 bits per heavy atom. The van der Waals surface area contributed by atoms with Crippen LogP contribution < -0.4 is 5.73 Å². The van der Waals surface area contributed by atoms with Crippen LogP contribution in [0, 0.1) is 0 Å². The van der Waals surface area contributed by atoms with Crippen LogP contribution in [-0.4, -0.2) is 11.5 Å². The van der Waals surface area contributed by atoms with E-state index < -0.39 is 0 Å². The van der Waals surface area contributed by atoms with Gasteiger partial charge in [0, 0.05) is 21.7 Å². The molecule has 0 aliphatic rings. The number of aromatic nitrogens is 1. The lowest BCUT2D eigenvalue weighted by Gasteiger charge is -1.95. The third kappa shape index (κ3) is 2.56. The third-order valence-electron chi connectivity index (χ3n) is 2.04. The Balaban J connectivity index is 2.25. The van der Waals surface area contributed by atoms with E-state index in [1.54, 1.807) is 11.3 Å². The molecule has 78 valence electrons. The number of nitrogens with zero attached hydrogens (tertiary/aromatic N) is 1. The zero-order valence-electron chi connectivity index (χ0n) is 8.11. The summed E-state index contributed by atoms with van der Waals surface area (Å²) in [7, 11) is 0. The normalized spacial score (nSPS) is 10.5. The molecule has 1 heterocycles. The van der Waals surface area contributed by atoms with Crippen molar-refractivity contribution >= 4 is 22.9 Å². The highest BCUT2D eigenvalue weighted by molar-refractivity contribution is 7.15. The predicted molar refractivity (Wildman–Crippen MR) is 65.3 cm³/mol. The maximum absolute atomic E-state index is 5.82. The summed E-state index contributed by atoms with van der Waals surface area (Å²) in [5, 5.41) is 1.77. The number of hydrogen-bond donors (Lipinski definition) is 1. The molecule has 0 fully saturated rings. The van der Waals surface area contributed by atoms with Crippen LogP contribution in [0.15, 0.2) is 30.5 Å². The second-order valence-corrected chi connectivity index (χ2v) is 4.73. The Kier molecular flexibility index (Phi) is 3.36. The van der Waals surface area contributed by atoms with E-state index in [1.807, 2.05) is 30.5 Å². The maximum atomic E-state index is 5.82. The molecule has 2 N–H and O–H groups in total. The van der Waals surface area contributed by atoms with Crippen LogP contribution in [-0.2, 0) is 6.42 Å². The molecule has 0 amide bonds. The van der Waals surface area contributed by atoms with E-state index in [0.717, 1.165) is 22.0 Å². The number of nitrogens with two attached hydrogens (primary N) is 1. The van der Waals surface area contributed by atoms with Gasteiger partial charge in [0.15, 0.2) is 0 Å². The van der Waals surface area contributed by atoms with Gasteiger partial charge in [-0.25, -0.2) is 4.98 Å². The molecule has 0 saturated carbocycles. The van der Waals surface area contributed by atoms with Crippen LogP contribution >= 0.6 is 22.9 Å². The molecular formula is C11H11ClN2S. The molecule has 0 radical (unpaired) electrons. The summed E-state index contributed by atoms with van der Waals surface area (Å²) in [6.07, 6.45) is 2.78. The molecule has 4 heteroatoms. The molecule has 1 aromatic carbocycles. The molecular weight excluding hydrogens is 228 g/mol. The summed E-state index contributed by atoms with van der Waals surface area (Å²) < 4.78 is 0. The lowest BCUT2D eigenvalue weighted by Crippen LogP contribution is -2.00. The second kappa shape index (κ2) is 4.75. The van der Waals surface area contributed by atoms with Crippen LogP contribution in [0.4, 0.5) is 0 Å². The highest BCUT2D eigenvalue weighted by atomic mass is 35.5. The summed E-state index contributed by atoms with van der Waals surface area (Å²) >= 11 is 7.50. The number of benzene rings is 1. The zero-order chi connectivity index (χ0) is 10.7. The van der Waals surface area contributed by atoms with Crippen LogP contribution in [0.25, 0.3) is 10.6 Å². The van der Waals surface area contributed by atoms with E-state index in [4.69, 9.17) is 17.3 Å². The molecule has 2 aromatic rings. The number of halogens is 1. The third-order valence-corrected chi connectivity index (χ3v) is 3.39. The Labute approximate surface area is 97.7 Å². The zero-order valence-corrected chi connectivity index (χ0v) is 9.68. The van der Waals surface area contributed by atoms with Crippen LogP contribution in [0.2, 0.25) is 5.02 Å². The Morgan fingerprint density at radius 1 is 1.27 bits per heavy atom. The quantitative estimate of drug-likeness (QED) is 0.893. The Morgan fingerprint density at radius 2 is 2.00 bits per heavy atom. The van der Waals surface area contributed by atoms with Gasteiger partial charge in [-0.3, -0.25) is 0 Å². The number of rotatable bonds is 3. The molecule has 0 bridgehead atoms. The fraction of sp³-hybridized carbons (Fsp3) is 0.182.